The van der Waals surface area contributed by atoms with Crippen molar-refractivity contribution in [3.05, 3.63) is 11.6 Å². The number of amides is 1. The first-order valence-corrected chi connectivity index (χ1v) is 4.28. The van der Waals surface area contributed by atoms with Crippen molar-refractivity contribution in [1.82, 2.24) is 4.90 Å². The van der Waals surface area contributed by atoms with Crippen molar-refractivity contribution in [3.63, 3.8) is 0 Å². The summed E-state index contributed by atoms with van der Waals surface area (Å²) in [7, 11) is 0. The molecule has 0 aromatic rings. The van der Waals surface area contributed by atoms with Crippen LogP contribution in [0.25, 0.3) is 0 Å². The highest BCUT2D eigenvalue weighted by atomic mass is 16.2. The first-order chi connectivity index (χ1) is 5.29. The van der Waals surface area contributed by atoms with Crippen LogP contribution < -0.4 is 0 Å². The summed E-state index contributed by atoms with van der Waals surface area (Å²) in [6.07, 6.45) is 5.42. The third-order valence-corrected chi connectivity index (χ3v) is 2.66. The van der Waals surface area contributed by atoms with Gasteiger partial charge in [-0.05, 0) is 31.8 Å². The number of carbonyl (C=O) groups is 1. The molecule has 1 saturated heterocycles. The molecule has 0 radical (unpaired) electrons. The number of nitrogens with zero attached hydrogens (tertiary/aromatic N) is 1. The monoisotopic (exact) mass is 151 g/mol. The molecule has 2 aliphatic rings. The summed E-state index contributed by atoms with van der Waals surface area (Å²) in [6.45, 7) is 3.03. The number of rotatable bonds is 0. The van der Waals surface area contributed by atoms with Crippen molar-refractivity contribution in [2.75, 3.05) is 6.54 Å². The van der Waals surface area contributed by atoms with Gasteiger partial charge in [0.1, 0.15) is 0 Å². The summed E-state index contributed by atoms with van der Waals surface area (Å²) in [5, 5.41) is 0. The maximum atomic E-state index is 11.3. The SMILES string of the molecule is CC1=CC(=O)N2CCCCC12. The molecule has 0 aromatic carbocycles. The van der Waals surface area contributed by atoms with Crippen LogP contribution in [-0.4, -0.2) is 23.4 Å². The molecule has 1 fully saturated rings. The minimum absolute atomic E-state index is 0.229. The van der Waals surface area contributed by atoms with Crippen molar-refractivity contribution in [3.8, 4) is 0 Å². The third kappa shape index (κ3) is 0.971. The van der Waals surface area contributed by atoms with Gasteiger partial charge in [0.2, 0.25) is 5.91 Å². The predicted octanol–water partition coefficient (Wildman–Crippen LogP) is 1.33. The minimum atomic E-state index is 0.229. The van der Waals surface area contributed by atoms with Crippen LogP contribution in [0.15, 0.2) is 11.6 Å². The Morgan fingerprint density at radius 2 is 2.36 bits per heavy atom. The number of fused-ring (bicyclic) bond motifs is 1. The Labute approximate surface area is 66.9 Å². The van der Waals surface area contributed by atoms with Crippen molar-refractivity contribution in [2.45, 2.75) is 32.2 Å². The van der Waals surface area contributed by atoms with E-state index in [1.54, 1.807) is 6.08 Å². The molecule has 1 unspecified atom stereocenters. The molecule has 2 heterocycles. The second-order valence-electron chi connectivity index (χ2n) is 3.43. The maximum Gasteiger partial charge on any atom is 0.247 e. The largest absolute Gasteiger partial charge is 0.332 e. The van der Waals surface area contributed by atoms with E-state index in [0.29, 0.717) is 6.04 Å². The standard InChI is InChI=1S/C9H13NO/c1-7-6-9(11)10-5-3-2-4-8(7)10/h6,8H,2-5H2,1H3. The quantitative estimate of drug-likeness (QED) is 0.511. The molecule has 1 atom stereocenters. The molecule has 2 heteroatoms. The summed E-state index contributed by atoms with van der Waals surface area (Å²) < 4.78 is 0. The molecule has 0 bridgehead atoms. The number of hydrogen-bond acceptors (Lipinski definition) is 1. The van der Waals surface area contributed by atoms with Crippen LogP contribution in [0.2, 0.25) is 0 Å². The van der Waals surface area contributed by atoms with Crippen molar-refractivity contribution in [2.24, 2.45) is 0 Å². The van der Waals surface area contributed by atoms with Crippen LogP contribution in [0.5, 0.6) is 0 Å². The molecular weight excluding hydrogens is 138 g/mol. The lowest BCUT2D eigenvalue weighted by molar-refractivity contribution is -0.127. The molecular formula is C9H13NO. The van der Waals surface area contributed by atoms with Gasteiger partial charge in [0, 0.05) is 12.6 Å². The molecule has 60 valence electrons. The van der Waals surface area contributed by atoms with Crippen molar-refractivity contribution >= 4 is 5.91 Å². The second-order valence-corrected chi connectivity index (χ2v) is 3.43. The molecule has 2 aliphatic heterocycles. The van der Waals surface area contributed by atoms with E-state index in [-0.39, 0.29) is 5.91 Å². The zero-order chi connectivity index (χ0) is 7.84. The third-order valence-electron chi connectivity index (χ3n) is 2.66. The van der Waals surface area contributed by atoms with E-state index in [4.69, 9.17) is 0 Å². The molecule has 0 saturated carbocycles. The van der Waals surface area contributed by atoms with Gasteiger partial charge < -0.3 is 4.90 Å². The Bertz CT molecular complexity index is 220. The van der Waals surface area contributed by atoms with E-state index < -0.39 is 0 Å². The lowest BCUT2D eigenvalue weighted by atomic mass is 10.00. The Hall–Kier alpha value is -0.790. The smallest absolute Gasteiger partial charge is 0.247 e. The van der Waals surface area contributed by atoms with Crippen LogP contribution in [0, 0.1) is 0 Å². The van der Waals surface area contributed by atoms with Crippen LogP contribution in [0.3, 0.4) is 0 Å². The van der Waals surface area contributed by atoms with Gasteiger partial charge in [-0.1, -0.05) is 0 Å². The lowest BCUT2D eigenvalue weighted by Gasteiger charge is -2.30. The maximum absolute atomic E-state index is 11.3. The Morgan fingerprint density at radius 3 is 3.09 bits per heavy atom. The van der Waals surface area contributed by atoms with Gasteiger partial charge >= 0.3 is 0 Å². The zero-order valence-corrected chi connectivity index (χ0v) is 6.84. The van der Waals surface area contributed by atoms with Crippen LogP contribution in [0.1, 0.15) is 26.2 Å². The van der Waals surface area contributed by atoms with Crippen molar-refractivity contribution in [1.29, 1.82) is 0 Å². The topological polar surface area (TPSA) is 20.3 Å². The Kier molecular flexibility index (Phi) is 1.48. The van der Waals surface area contributed by atoms with Gasteiger partial charge in [0.05, 0.1) is 6.04 Å². The molecule has 0 aromatic heterocycles. The van der Waals surface area contributed by atoms with Crippen LogP contribution in [0.4, 0.5) is 0 Å². The fourth-order valence-electron chi connectivity index (χ4n) is 2.04. The van der Waals surface area contributed by atoms with E-state index >= 15 is 0 Å². The predicted molar refractivity (Wildman–Crippen MR) is 43.1 cm³/mol. The summed E-state index contributed by atoms with van der Waals surface area (Å²) in [4.78, 5) is 13.3. The van der Waals surface area contributed by atoms with Crippen LogP contribution in [-0.2, 0) is 4.79 Å². The van der Waals surface area contributed by atoms with Gasteiger partial charge in [-0.25, -0.2) is 0 Å². The number of piperidine rings is 1. The summed E-state index contributed by atoms with van der Waals surface area (Å²) in [6, 6.07) is 0.455. The molecule has 1 amide bonds. The van der Waals surface area contributed by atoms with E-state index in [1.165, 1.54) is 24.8 Å². The molecule has 2 nitrogen and oxygen atoms in total. The molecule has 2 rings (SSSR count). The molecule has 0 aliphatic carbocycles. The van der Waals surface area contributed by atoms with E-state index in [0.717, 1.165) is 6.54 Å². The van der Waals surface area contributed by atoms with E-state index in [1.807, 2.05) is 4.90 Å². The average molecular weight is 151 g/mol. The highest BCUT2D eigenvalue weighted by Gasteiger charge is 2.31. The van der Waals surface area contributed by atoms with E-state index in [9.17, 15) is 4.79 Å². The fraction of sp³-hybridized carbons (Fsp3) is 0.667. The Balaban J connectivity index is 2.21. The van der Waals surface area contributed by atoms with Gasteiger partial charge in [-0.2, -0.15) is 0 Å². The van der Waals surface area contributed by atoms with Gasteiger partial charge in [-0.3, -0.25) is 4.79 Å². The Morgan fingerprint density at radius 1 is 1.55 bits per heavy atom. The summed E-state index contributed by atoms with van der Waals surface area (Å²) >= 11 is 0. The number of hydrogen-bond donors (Lipinski definition) is 0. The molecule has 11 heavy (non-hydrogen) atoms. The van der Waals surface area contributed by atoms with E-state index in [2.05, 4.69) is 6.92 Å². The van der Waals surface area contributed by atoms with Gasteiger partial charge in [0.25, 0.3) is 0 Å². The summed E-state index contributed by atoms with van der Waals surface area (Å²) in [5.41, 5.74) is 1.26. The zero-order valence-electron chi connectivity index (χ0n) is 6.84. The highest BCUT2D eigenvalue weighted by molar-refractivity contribution is 5.91. The van der Waals surface area contributed by atoms with Crippen LogP contribution >= 0.6 is 0 Å². The normalized spacial score (nSPS) is 30.3. The van der Waals surface area contributed by atoms with Crippen molar-refractivity contribution < 1.29 is 4.79 Å². The highest BCUT2D eigenvalue weighted by Crippen LogP contribution is 2.27. The molecule has 0 spiro atoms. The second kappa shape index (κ2) is 2.36. The lowest BCUT2D eigenvalue weighted by Crippen LogP contribution is -2.38. The first kappa shape index (κ1) is 6.89. The minimum Gasteiger partial charge on any atom is -0.332 e. The average Bonchev–Trinajstić information content (AvgIpc) is 2.30. The fourth-order valence-corrected chi connectivity index (χ4v) is 2.04. The number of carbonyl (C=O) groups excluding carboxylic acids is 1. The molecule has 0 N–H and O–H groups in total. The first-order valence-electron chi connectivity index (χ1n) is 4.28. The summed E-state index contributed by atoms with van der Waals surface area (Å²) in [5.74, 6) is 0.229. The van der Waals surface area contributed by atoms with Gasteiger partial charge in [-0.15, -0.1) is 0 Å². The van der Waals surface area contributed by atoms with Gasteiger partial charge in [0.15, 0.2) is 0 Å².